The van der Waals surface area contributed by atoms with Gasteiger partial charge in [0.25, 0.3) is 5.91 Å². The summed E-state index contributed by atoms with van der Waals surface area (Å²) in [6.45, 7) is 3.55. The molecule has 21 heavy (non-hydrogen) atoms. The molecule has 0 unspecified atom stereocenters. The van der Waals surface area contributed by atoms with E-state index in [1.165, 1.54) is 18.2 Å². The minimum Gasteiger partial charge on any atom is -0.481 e. The first-order valence-electron chi connectivity index (χ1n) is 6.45. The number of anilines is 1. The molecule has 1 N–H and O–H groups in total. The molecule has 0 bridgehead atoms. The predicted molar refractivity (Wildman–Crippen MR) is 81.3 cm³/mol. The highest BCUT2D eigenvalue weighted by Gasteiger charge is 2.16. The smallest absolute Gasteiger partial charge is 0.265 e. The number of para-hydroxylation sites is 1. The van der Waals surface area contributed by atoms with Crippen LogP contribution in [0.1, 0.15) is 12.5 Å². The van der Waals surface area contributed by atoms with Gasteiger partial charge in [-0.2, -0.15) is 0 Å². The summed E-state index contributed by atoms with van der Waals surface area (Å²) in [6.07, 6.45) is -0.685. The van der Waals surface area contributed by atoms with Crippen molar-refractivity contribution in [3.05, 3.63) is 58.9 Å². The molecule has 0 saturated carbocycles. The van der Waals surface area contributed by atoms with Crippen molar-refractivity contribution in [2.75, 3.05) is 5.32 Å². The standard InChI is InChI=1S/C16H15ClFNO2/c1-10-5-3-4-6-15(10)21-11(2)16(20)19-12-7-8-14(18)13(17)9-12/h3-9,11H,1-2H3,(H,19,20)/t11-/m0/s1. The first kappa shape index (κ1) is 15.3. The zero-order chi connectivity index (χ0) is 15.4. The highest BCUT2D eigenvalue weighted by molar-refractivity contribution is 6.31. The second kappa shape index (κ2) is 6.59. The molecule has 2 aromatic rings. The van der Waals surface area contributed by atoms with E-state index in [2.05, 4.69) is 5.32 Å². The number of nitrogens with one attached hydrogen (secondary N) is 1. The largest absolute Gasteiger partial charge is 0.481 e. The SMILES string of the molecule is Cc1ccccc1O[C@@H](C)C(=O)Nc1ccc(F)c(Cl)c1. The van der Waals surface area contributed by atoms with Crippen LogP contribution in [0.3, 0.4) is 0 Å². The summed E-state index contributed by atoms with van der Waals surface area (Å²) in [5, 5.41) is 2.59. The van der Waals surface area contributed by atoms with Gasteiger partial charge in [-0.3, -0.25) is 4.79 Å². The second-order valence-corrected chi connectivity index (χ2v) is 5.05. The van der Waals surface area contributed by atoms with Crippen LogP contribution in [0, 0.1) is 12.7 Å². The molecule has 1 atom stereocenters. The number of aryl methyl sites for hydroxylation is 1. The third-order valence-corrected chi connectivity index (χ3v) is 3.24. The van der Waals surface area contributed by atoms with Gasteiger partial charge in [0.15, 0.2) is 6.10 Å². The van der Waals surface area contributed by atoms with E-state index in [1.54, 1.807) is 13.0 Å². The van der Waals surface area contributed by atoms with Gasteiger partial charge in [0, 0.05) is 5.69 Å². The van der Waals surface area contributed by atoms with Gasteiger partial charge in [-0.25, -0.2) is 4.39 Å². The summed E-state index contributed by atoms with van der Waals surface area (Å²) in [4.78, 5) is 12.1. The first-order valence-corrected chi connectivity index (χ1v) is 6.83. The average Bonchev–Trinajstić information content (AvgIpc) is 2.45. The molecule has 0 spiro atoms. The number of carbonyl (C=O) groups is 1. The van der Waals surface area contributed by atoms with Crippen LogP contribution in [0.4, 0.5) is 10.1 Å². The Morgan fingerprint density at radius 3 is 2.67 bits per heavy atom. The summed E-state index contributed by atoms with van der Waals surface area (Å²) in [6, 6.07) is 11.4. The van der Waals surface area contributed by atoms with Crippen molar-refractivity contribution < 1.29 is 13.9 Å². The summed E-state index contributed by atoms with van der Waals surface area (Å²) < 4.78 is 18.7. The summed E-state index contributed by atoms with van der Waals surface area (Å²) in [7, 11) is 0. The normalized spacial score (nSPS) is 11.8. The molecule has 0 fully saturated rings. The Morgan fingerprint density at radius 1 is 1.29 bits per heavy atom. The van der Waals surface area contributed by atoms with E-state index in [0.717, 1.165) is 5.56 Å². The first-order chi connectivity index (χ1) is 9.97. The average molecular weight is 308 g/mol. The van der Waals surface area contributed by atoms with E-state index in [4.69, 9.17) is 16.3 Å². The molecule has 0 saturated heterocycles. The molecule has 0 aromatic heterocycles. The van der Waals surface area contributed by atoms with Crippen LogP contribution in [0.5, 0.6) is 5.75 Å². The number of halogens is 2. The third-order valence-electron chi connectivity index (χ3n) is 2.95. The minimum absolute atomic E-state index is 0.0414. The van der Waals surface area contributed by atoms with Crippen molar-refractivity contribution >= 4 is 23.2 Å². The molecular weight excluding hydrogens is 293 g/mol. The maximum atomic E-state index is 13.1. The highest BCUT2D eigenvalue weighted by Crippen LogP contribution is 2.21. The number of rotatable bonds is 4. The van der Waals surface area contributed by atoms with Gasteiger partial charge in [0.1, 0.15) is 11.6 Å². The van der Waals surface area contributed by atoms with Gasteiger partial charge in [-0.15, -0.1) is 0 Å². The van der Waals surface area contributed by atoms with Crippen LogP contribution in [0.2, 0.25) is 5.02 Å². The number of hydrogen-bond donors (Lipinski definition) is 1. The van der Waals surface area contributed by atoms with Crippen LogP contribution >= 0.6 is 11.6 Å². The molecule has 0 aliphatic rings. The molecule has 0 aliphatic carbocycles. The topological polar surface area (TPSA) is 38.3 Å². The van der Waals surface area contributed by atoms with Crippen molar-refractivity contribution in [3.8, 4) is 5.75 Å². The lowest BCUT2D eigenvalue weighted by Gasteiger charge is -2.16. The Balaban J connectivity index is 2.02. The van der Waals surface area contributed by atoms with Crippen LogP contribution in [-0.4, -0.2) is 12.0 Å². The van der Waals surface area contributed by atoms with Gasteiger partial charge in [0.05, 0.1) is 5.02 Å². The lowest BCUT2D eigenvalue weighted by Crippen LogP contribution is -2.30. The maximum Gasteiger partial charge on any atom is 0.265 e. The summed E-state index contributed by atoms with van der Waals surface area (Å²) in [5.41, 5.74) is 1.37. The quantitative estimate of drug-likeness (QED) is 0.919. The number of hydrogen-bond acceptors (Lipinski definition) is 2. The van der Waals surface area contributed by atoms with E-state index in [-0.39, 0.29) is 10.9 Å². The van der Waals surface area contributed by atoms with Crippen molar-refractivity contribution in [2.45, 2.75) is 20.0 Å². The van der Waals surface area contributed by atoms with Gasteiger partial charge in [0.2, 0.25) is 0 Å². The molecule has 2 aromatic carbocycles. The highest BCUT2D eigenvalue weighted by atomic mass is 35.5. The van der Waals surface area contributed by atoms with Gasteiger partial charge in [-0.1, -0.05) is 29.8 Å². The molecule has 2 rings (SSSR count). The van der Waals surface area contributed by atoms with Crippen LogP contribution in [0.15, 0.2) is 42.5 Å². The number of benzene rings is 2. The maximum absolute atomic E-state index is 13.1. The lowest BCUT2D eigenvalue weighted by molar-refractivity contribution is -0.122. The molecular formula is C16H15ClFNO2. The molecule has 110 valence electrons. The Kier molecular flexibility index (Phi) is 4.81. The second-order valence-electron chi connectivity index (χ2n) is 4.64. The summed E-state index contributed by atoms with van der Waals surface area (Å²) in [5.74, 6) is -0.211. The van der Waals surface area contributed by atoms with E-state index in [0.29, 0.717) is 11.4 Å². The molecule has 0 heterocycles. The van der Waals surface area contributed by atoms with Crippen molar-refractivity contribution in [2.24, 2.45) is 0 Å². The summed E-state index contributed by atoms with van der Waals surface area (Å²) >= 11 is 5.67. The van der Waals surface area contributed by atoms with E-state index < -0.39 is 11.9 Å². The molecule has 5 heteroatoms. The zero-order valence-corrected chi connectivity index (χ0v) is 12.4. The van der Waals surface area contributed by atoms with Crippen molar-refractivity contribution in [3.63, 3.8) is 0 Å². The Hall–Kier alpha value is -2.07. The Labute approximate surface area is 127 Å². The number of ether oxygens (including phenoxy) is 1. The van der Waals surface area contributed by atoms with Crippen molar-refractivity contribution in [1.82, 2.24) is 0 Å². The van der Waals surface area contributed by atoms with Crippen molar-refractivity contribution in [1.29, 1.82) is 0 Å². The lowest BCUT2D eigenvalue weighted by atomic mass is 10.2. The van der Waals surface area contributed by atoms with Crippen LogP contribution in [0.25, 0.3) is 0 Å². The Morgan fingerprint density at radius 2 is 2.00 bits per heavy atom. The number of carbonyl (C=O) groups excluding carboxylic acids is 1. The van der Waals surface area contributed by atoms with E-state index >= 15 is 0 Å². The van der Waals surface area contributed by atoms with E-state index in [1.807, 2.05) is 25.1 Å². The monoisotopic (exact) mass is 307 g/mol. The molecule has 0 aliphatic heterocycles. The Bertz CT molecular complexity index is 660. The molecule has 0 radical (unpaired) electrons. The van der Waals surface area contributed by atoms with Crippen LogP contribution in [-0.2, 0) is 4.79 Å². The fourth-order valence-corrected chi connectivity index (χ4v) is 1.93. The van der Waals surface area contributed by atoms with E-state index in [9.17, 15) is 9.18 Å². The fourth-order valence-electron chi connectivity index (χ4n) is 1.75. The number of amides is 1. The van der Waals surface area contributed by atoms with Gasteiger partial charge < -0.3 is 10.1 Å². The van der Waals surface area contributed by atoms with Gasteiger partial charge >= 0.3 is 0 Å². The van der Waals surface area contributed by atoms with Gasteiger partial charge in [-0.05, 0) is 43.7 Å². The molecule has 3 nitrogen and oxygen atoms in total. The third kappa shape index (κ3) is 3.95. The van der Waals surface area contributed by atoms with Crippen LogP contribution < -0.4 is 10.1 Å². The molecule has 1 amide bonds. The fraction of sp³-hybridized carbons (Fsp3) is 0.188. The minimum atomic E-state index is -0.685. The zero-order valence-electron chi connectivity index (χ0n) is 11.7. The predicted octanol–water partition coefficient (Wildman–Crippen LogP) is 4.19.